The average molecular weight is 117 g/mol. The molecule has 0 amide bonds. The summed E-state index contributed by atoms with van der Waals surface area (Å²) in [5, 5.41) is 0. The molecular formula is C5H13OSi. The maximum atomic E-state index is 5.27. The lowest BCUT2D eigenvalue weighted by molar-refractivity contribution is 0.333. The molecule has 0 aliphatic carbocycles. The van der Waals surface area contributed by atoms with Crippen LogP contribution < -0.4 is 0 Å². The van der Waals surface area contributed by atoms with Crippen molar-refractivity contribution in [2.45, 2.75) is 19.5 Å². The summed E-state index contributed by atoms with van der Waals surface area (Å²) in [5.41, 5.74) is 0. The van der Waals surface area contributed by atoms with Crippen LogP contribution in [0.5, 0.6) is 0 Å². The van der Waals surface area contributed by atoms with E-state index in [4.69, 9.17) is 4.43 Å². The Kier molecular flexibility index (Phi) is 4.45. The van der Waals surface area contributed by atoms with Crippen LogP contribution in [0.4, 0.5) is 0 Å². The Morgan fingerprint density at radius 2 is 2.14 bits per heavy atom. The molecule has 0 saturated carbocycles. The van der Waals surface area contributed by atoms with Crippen LogP contribution in [-0.4, -0.2) is 15.6 Å². The highest BCUT2D eigenvalue weighted by Gasteiger charge is 1.90. The highest BCUT2D eigenvalue weighted by atomic mass is 28.3. The quantitative estimate of drug-likeness (QED) is 0.505. The molecule has 1 radical (unpaired) electrons. The minimum atomic E-state index is -0.728. The van der Waals surface area contributed by atoms with E-state index in [1.54, 1.807) is 0 Å². The van der Waals surface area contributed by atoms with E-state index in [0.29, 0.717) is 0 Å². The summed E-state index contributed by atoms with van der Waals surface area (Å²) in [5.74, 6) is 0. The second-order valence-corrected chi connectivity index (χ2v) is 4.20. The van der Waals surface area contributed by atoms with Crippen molar-refractivity contribution in [3.05, 3.63) is 6.92 Å². The molecule has 43 valence electrons. The van der Waals surface area contributed by atoms with Gasteiger partial charge < -0.3 is 4.43 Å². The molecule has 0 spiro atoms. The second-order valence-electron chi connectivity index (χ2n) is 1.77. The van der Waals surface area contributed by atoms with E-state index in [1.165, 1.54) is 0 Å². The molecule has 0 saturated heterocycles. The standard InChI is InChI=1S/C5H13OSi/c1-4-5-6-7(2)3/h7H,1,4-5H2,2-3H3. The molecule has 0 fully saturated rings. The number of hydrogen-bond acceptors (Lipinski definition) is 1. The van der Waals surface area contributed by atoms with Crippen molar-refractivity contribution in [2.24, 2.45) is 0 Å². The van der Waals surface area contributed by atoms with Crippen molar-refractivity contribution in [3.63, 3.8) is 0 Å². The van der Waals surface area contributed by atoms with Gasteiger partial charge in [-0.25, -0.2) is 0 Å². The minimum Gasteiger partial charge on any atom is -0.421 e. The molecule has 0 heterocycles. The maximum absolute atomic E-state index is 5.27. The first kappa shape index (κ1) is 7.18. The molecule has 0 rings (SSSR count). The topological polar surface area (TPSA) is 9.23 Å². The highest BCUT2D eigenvalue weighted by Crippen LogP contribution is 1.84. The van der Waals surface area contributed by atoms with E-state index in [0.717, 1.165) is 13.0 Å². The summed E-state index contributed by atoms with van der Waals surface area (Å²) in [6.45, 7) is 8.83. The molecule has 0 aliphatic rings. The SMILES string of the molecule is [CH2]CCO[SiH](C)C. The third-order valence-corrected chi connectivity index (χ3v) is 1.50. The van der Waals surface area contributed by atoms with Gasteiger partial charge in [-0.05, 0) is 19.5 Å². The fourth-order valence-electron chi connectivity index (χ4n) is 0.319. The van der Waals surface area contributed by atoms with Crippen LogP contribution in [-0.2, 0) is 4.43 Å². The van der Waals surface area contributed by atoms with Crippen LogP contribution in [0.25, 0.3) is 0 Å². The van der Waals surface area contributed by atoms with Crippen LogP contribution in [0.3, 0.4) is 0 Å². The predicted octanol–water partition coefficient (Wildman–Crippen LogP) is 1.21. The number of hydrogen-bond donors (Lipinski definition) is 0. The Bertz CT molecular complexity index is 37.1. The third kappa shape index (κ3) is 6.18. The first-order valence-corrected chi connectivity index (χ1v) is 5.46. The van der Waals surface area contributed by atoms with E-state index >= 15 is 0 Å². The van der Waals surface area contributed by atoms with Crippen LogP contribution in [0.2, 0.25) is 13.1 Å². The van der Waals surface area contributed by atoms with Gasteiger partial charge in [-0.3, -0.25) is 0 Å². The fourth-order valence-corrected chi connectivity index (χ4v) is 0.957. The number of rotatable bonds is 3. The monoisotopic (exact) mass is 117 g/mol. The highest BCUT2D eigenvalue weighted by molar-refractivity contribution is 6.48. The Balaban J connectivity index is 2.68. The Hall–Kier alpha value is 0.177. The van der Waals surface area contributed by atoms with E-state index in [1.807, 2.05) is 0 Å². The van der Waals surface area contributed by atoms with Gasteiger partial charge in [-0.2, -0.15) is 0 Å². The van der Waals surface area contributed by atoms with Gasteiger partial charge >= 0.3 is 0 Å². The molecule has 0 atom stereocenters. The summed E-state index contributed by atoms with van der Waals surface area (Å²) in [6, 6.07) is 0. The molecular weight excluding hydrogens is 104 g/mol. The lowest BCUT2D eigenvalue weighted by Gasteiger charge is -2.01. The van der Waals surface area contributed by atoms with Crippen molar-refractivity contribution < 1.29 is 4.43 Å². The normalized spacial score (nSPS) is 10.3. The zero-order valence-corrected chi connectivity index (χ0v) is 6.26. The van der Waals surface area contributed by atoms with Gasteiger partial charge in [0.2, 0.25) is 0 Å². The average Bonchev–Trinajstić information content (AvgIpc) is 1.61. The predicted molar refractivity (Wildman–Crippen MR) is 34.8 cm³/mol. The van der Waals surface area contributed by atoms with Crippen molar-refractivity contribution in [1.29, 1.82) is 0 Å². The van der Waals surface area contributed by atoms with E-state index < -0.39 is 9.04 Å². The van der Waals surface area contributed by atoms with E-state index in [-0.39, 0.29) is 0 Å². The smallest absolute Gasteiger partial charge is 0.170 e. The molecule has 0 aliphatic heterocycles. The molecule has 0 aromatic carbocycles. The summed E-state index contributed by atoms with van der Waals surface area (Å²) < 4.78 is 5.27. The van der Waals surface area contributed by atoms with Crippen molar-refractivity contribution in [1.82, 2.24) is 0 Å². The van der Waals surface area contributed by atoms with E-state index in [9.17, 15) is 0 Å². The molecule has 1 nitrogen and oxygen atoms in total. The lowest BCUT2D eigenvalue weighted by atomic mass is 10.5. The Morgan fingerprint density at radius 1 is 1.57 bits per heavy atom. The Morgan fingerprint density at radius 3 is 2.29 bits per heavy atom. The zero-order valence-electron chi connectivity index (χ0n) is 5.11. The van der Waals surface area contributed by atoms with Gasteiger partial charge in [0.05, 0.1) is 0 Å². The van der Waals surface area contributed by atoms with Gasteiger partial charge in [0, 0.05) is 6.61 Å². The molecule has 0 N–H and O–H groups in total. The largest absolute Gasteiger partial charge is 0.421 e. The first-order valence-electron chi connectivity index (χ1n) is 2.68. The summed E-state index contributed by atoms with van der Waals surface area (Å²) >= 11 is 0. The Labute approximate surface area is 47.4 Å². The van der Waals surface area contributed by atoms with Crippen LogP contribution >= 0.6 is 0 Å². The molecule has 0 bridgehead atoms. The van der Waals surface area contributed by atoms with Crippen LogP contribution in [0.15, 0.2) is 0 Å². The zero-order chi connectivity index (χ0) is 5.70. The lowest BCUT2D eigenvalue weighted by Crippen LogP contribution is -2.07. The van der Waals surface area contributed by atoms with Gasteiger partial charge in [0.15, 0.2) is 9.04 Å². The van der Waals surface area contributed by atoms with Gasteiger partial charge in [0.1, 0.15) is 0 Å². The maximum Gasteiger partial charge on any atom is 0.170 e. The van der Waals surface area contributed by atoms with Gasteiger partial charge in [-0.15, -0.1) is 0 Å². The molecule has 0 aromatic heterocycles. The van der Waals surface area contributed by atoms with Crippen LogP contribution in [0, 0.1) is 6.92 Å². The molecule has 0 unspecified atom stereocenters. The molecule has 2 heteroatoms. The summed E-state index contributed by atoms with van der Waals surface area (Å²) in [6.07, 6.45) is 0.908. The summed E-state index contributed by atoms with van der Waals surface area (Å²) in [7, 11) is -0.728. The third-order valence-electron chi connectivity index (χ3n) is 0.596. The van der Waals surface area contributed by atoms with Crippen molar-refractivity contribution >= 4 is 9.04 Å². The molecule has 0 aromatic rings. The van der Waals surface area contributed by atoms with Crippen LogP contribution in [0.1, 0.15) is 6.42 Å². The van der Waals surface area contributed by atoms with Gasteiger partial charge in [0.25, 0.3) is 0 Å². The van der Waals surface area contributed by atoms with Crippen molar-refractivity contribution in [3.8, 4) is 0 Å². The second kappa shape index (κ2) is 4.34. The minimum absolute atomic E-state index is 0.728. The van der Waals surface area contributed by atoms with E-state index in [2.05, 4.69) is 20.0 Å². The first-order chi connectivity index (χ1) is 3.27. The van der Waals surface area contributed by atoms with Gasteiger partial charge in [-0.1, -0.05) is 6.92 Å². The molecule has 7 heavy (non-hydrogen) atoms. The van der Waals surface area contributed by atoms with Crippen molar-refractivity contribution in [2.75, 3.05) is 6.61 Å². The fraction of sp³-hybridized carbons (Fsp3) is 0.800. The summed E-state index contributed by atoms with van der Waals surface area (Å²) in [4.78, 5) is 0.